The number of primary amides is 1. The van der Waals surface area contributed by atoms with Crippen molar-refractivity contribution in [3.8, 4) is 0 Å². The molecule has 0 aliphatic rings. The van der Waals surface area contributed by atoms with Gasteiger partial charge in [0.2, 0.25) is 5.91 Å². The first-order valence-corrected chi connectivity index (χ1v) is 9.55. The Bertz CT molecular complexity index is 1120. The van der Waals surface area contributed by atoms with Gasteiger partial charge >= 0.3 is 11.6 Å². The van der Waals surface area contributed by atoms with Gasteiger partial charge in [-0.25, -0.2) is 9.59 Å². The molecule has 0 atom stereocenters. The van der Waals surface area contributed by atoms with Crippen molar-refractivity contribution in [3.63, 3.8) is 0 Å². The standard InChI is InChI=1S/C21H19NO5S/c1-12-7-16-14(9-20(24)27-17(16)8-13(12)2)10-26-21(25)15-5-3-4-6-18(15)28-11-19(22)23/h3-9H,10-11H2,1-2H3,(H2,22,23). The molecule has 144 valence electrons. The van der Waals surface area contributed by atoms with Gasteiger partial charge in [-0.05, 0) is 49.2 Å². The number of benzene rings is 2. The third-order valence-corrected chi connectivity index (χ3v) is 5.38. The maximum Gasteiger partial charge on any atom is 0.339 e. The monoisotopic (exact) mass is 397 g/mol. The van der Waals surface area contributed by atoms with E-state index in [-0.39, 0.29) is 12.4 Å². The highest BCUT2D eigenvalue weighted by atomic mass is 32.2. The van der Waals surface area contributed by atoms with Crippen LogP contribution in [0.25, 0.3) is 11.0 Å². The number of fused-ring (bicyclic) bond motifs is 1. The van der Waals surface area contributed by atoms with Crippen molar-refractivity contribution in [2.24, 2.45) is 5.73 Å². The first-order chi connectivity index (χ1) is 13.3. The first-order valence-electron chi connectivity index (χ1n) is 8.56. The molecule has 0 aliphatic heterocycles. The second kappa shape index (κ2) is 8.31. The highest BCUT2D eigenvalue weighted by Crippen LogP contribution is 2.25. The number of amides is 1. The van der Waals surface area contributed by atoms with Crippen LogP contribution in [0.3, 0.4) is 0 Å². The normalized spacial score (nSPS) is 10.8. The van der Waals surface area contributed by atoms with E-state index in [1.807, 2.05) is 19.9 Å². The van der Waals surface area contributed by atoms with Crippen molar-refractivity contribution in [2.75, 3.05) is 5.75 Å². The van der Waals surface area contributed by atoms with E-state index in [0.717, 1.165) is 16.5 Å². The van der Waals surface area contributed by atoms with Crippen LogP contribution >= 0.6 is 11.8 Å². The molecule has 0 bridgehead atoms. The highest BCUT2D eigenvalue weighted by molar-refractivity contribution is 8.00. The van der Waals surface area contributed by atoms with E-state index in [9.17, 15) is 14.4 Å². The van der Waals surface area contributed by atoms with Crippen LogP contribution in [0.15, 0.2) is 56.6 Å². The average Bonchev–Trinajstić information content (AvgIpc) is 2.65. The largest absolute Gasteiger partial charge is 0.457 e. The van der Waals surface area contributed by atoms with Crippen LogP contribution in [0.5, 0.6) is 0 Å². The number of nitrogens with two attached hydrogens (primary N) is 1. The molecule has 28 heavy (non-hydrogen) atoms. The quantitative estimate of drug-likeness (QED) is 0.389. The van der Waals surface area contributed by atoms with E-state index < -0.39 is 17.5 Å². The van der Waals surface area contributed by atoms with Gasteiger partial charge in [-0.3, -0.25) is 4.79 Å². The summed E-state index contributed by atoms with van der Waals surface area (Å²) in [6, 6.07) is 11.9. The van der Waals surface area contributed by atoms with Crippen molar-refractivity contribution in [3.05, 3.63) is 75.1 Å². The number of hydrogen-bond acceptors (Lipinski definition) is 6. The van der Waals surface area contributed by atoms with Crippen molar-refractivity contribution >= 4 is 34.6 Å². The summed E-state index contributed by atoms with van der Waals surface area (Å²) in [6.45, 7) is 3.82. The Morgan fingerprint density at radius 2 is 1.82 bits per heavy atom. The maximum atomic E-state index is 12.6. The van der Waals surface area contributed by atoms with Gasteiger partial charge in [-0.1, -0.05) is 12.1 Å². The van der Waals surface area contributed by atoms with Crippen LogP contribution in [-0.2, 0) is 16.1 Å². The van der Waals surface area contributed by atoms with Crippen LogP contribution in [-0.4, -0.2) is 17.6 Å². The second-order valence-corrected chi connectivity index (χ2v) is 7.37. The van der Waals surface area contributed by atoms with Gasteiger partial charge in [0.05, 0.1) is 11.3 Å². The molecule has 1 amide bonds. The van der Waals surface area contributed by atoms with Gasteiger partial charge < -0.3 is 14.9 Å². The van der Waals surface area contributed by atoms with Crippen LogP contribution in [0.1, 0.15) is 27.0 Å². The fourth-order valence-corrected chi connectivity index (χ4v) is 3.51. The van der Waals surface area contributed by atoms with Crippen LogP contribution in [0.4, 0.5) is 0 Å². The zero-order valence-corrected chi connectivity index (χ0v) is 16.3. The number of hydrogen-bond donors (Lipinski definition) is 1. The summed E-state index contributed by atoms with van der Waals surface area (Å²) in [5.41, 5.74) is 8.10. The lowest BCUT2D eigenvalue weighted by molar-refractivity contribution is -0.115. The molecule has 2 N–H and O–H groups in total. The van der Waals surface area contributed by atoms with Gasteiger partial charge in [-0.15, -0.1) is 11.8 Å². The molecule has 0 spiro atoms. The summed E-state index contributed by atoms with van der Waals surface area (Å²) in [5.74, 6) is -0.952. The number of rotatable bonds is 6. The number of esters is 1. The number of aryl methyl sites for hydroxylation is 2. The van der Waals surface area contributed by atoms with E-state index in [2.05, 4.69) is 0 Å². The average molecular weight is 397 g/mol. The highest BCUT2D eigenvalue weighted by Gasteiger charge is 2.15. The van der Waals surface area contributed by atoms with Crippen LogP contribution in [0, 0.1) is 13.8 Å². The smallest absolute Gasteiger partial charge is 0.339 e. The molecule has 0 fully saturated rings. The maximum absolute atomic E-state index is 12.6. The number of carbonyl (C=O) groups excluding carboxylic acids is 2. The third-order valence-electron chi connectivity index (χ3n) is 4.28. The molecule has 7 heteroatoms. The fourth-order valence-electron chi connectivity index (χ4n) is 2.73. The molecule has 0 saturated carbocycles. The molecule has 0 aliphatic carbocycles. The molecule has 0 saturated heterocycles. The predicted molar refractivity (Wildman–Crippen MR) is 107 cm³/mol. The lowest BCUT2D eigenvalue weighted by Gasteiger charge is -2.11. The SMILES string of the molecule is Cc1cc2oc(=O)cc(COC(=O)c3ccccc3SCC(N)=O)c2cc1C. The zero-order valence-electron chi connectivity index (χ0n) is 15.5. The lowest BCUT2D eigenvalue weighted by Crippen LogP contribution is -2.14. The number of ether oxygens (including phenoxy) is 1. The summed E-state index contributed by atoms with van der Waals surface area (Å²) in [4.78, 5) is 36.1. The Hall–Kier alpha value is -3.06. The van der Waals surface area contributed by atoms with E-state index in [4.69, 9.17) is 14.9 Å². The fraction of sp³-hybridized carbons (Fsp3) is 0.190. The van der Waals surface area contributed by atoms with Gasteiger partial charge in [0.25, 0.3) is 0 Å². The van der Waals surface area contributed by atoms with Gasteiger partial charge in [0.15, 0.2) is 0 Å². The predicted octanol–water partition coefficient (Wildman–Crippen LogP) is 3.34. The van der Waals surface area contributed by atoms with Crippen molar-refractivity contribution < 1.29 is 18.7 Å². The summed E-state index contributed by atoms with van der Waals surface area (Å²) in [6.07, 6.45) is 0. The minimum atomic E-state index is -0.544. The molecule has 1 heterocycles. The van der Waals surface area contributed by atoms with Crippen molar-refractivity contribution in [2.45, 2.75) is 25.3 Å². The van der Waals surface area contributed by atoms with Gasteiger partial charge in [-0.2, -0.15) is 0 Å². The topological polar surface area (TPSA) is 99.6 Å². The van der Waals surface area contributed by atoms with Crippen LogP contribution in [0.2, 0.25) is 0 Å². The molecule has 0 unspecified atom stereocenters. The number of carbonyl (C=O) groups is 2. The Kier molecular flexibility index (Phi) is 5.84. The Balaban J connectivity index is 1.85. The van der Waals surface area contributed by atoms with E-state index >= 15 is 0 Å². The lowest BCUT2D eigenvalue weighted by atomic mass is 10.0. The molecule has 1 aromatic heterocycles. The second-order valence-electron chi connectivity index (χ2n) is 6.35. The van der Waals surface area contributed by atoms with Gasteiger partial charge in [0, 0.05) is 21.9 Å². The summed E-state index contributed by atoms with van der Waals surface area (Å²) in [5, 5.41) is 0.729. The molecule has 2 aromatic carbocycles. The summed E-state index contributed by atoms with van der Waals surface area (Å²) in [7, 11) is 0. The van der Waals surface area contributed by atoms with E-state index in [0.29, 0.717) is 21.6 Å². The molecular formula is C21H19NO5S. The van der Waals surface area contributed by atoms with Crippen molar-refractivity contribution in [1.29, 1.82) is 0 Å². The Labute approximate surface area is 165 Å². The minimum absolute atomic E-state index is 0.0628. The Morgan fingerprint density at radius 1 is 1.11 bits per heavy atom. The summed E-state index contributed by atoms with van der Waals surface area (Å²) >= 11 is 1.17. The number of thioether (sulfide) groups is 1. The Morgan fingerprint density at radius 3 is 2.57 bits per heavy atom. The molecule has 0 radical (unpaired) electrons. The third kappa shape index (κ3) is 4.43. The minimum Gasteiger partial charge on any atom is -0.457 e. The molecule has 3 rings (SSSR count). The molecule has 6 nitrogen and oxygen atoms in total. The van der Waals surface area contributed by atoms with Crippen LogP contribution < -0.4 is 11.4 Å². The summed E-state index contributed by atoms with van der Waals surface area (Å²) < 4.78 is 10.7. The zero-order chi connectivity index (χ0) is 20.3. The first kappa shape index (κ1) is 19.7. The van der Waals surface area contributed by atoms with Crippen molar-refractivity contribution in [1.82, 2.24) is 0 Å². The van der Waals surface area contributed by atoms with E-state index in [1.54, 1.807) is 30.3 Å². The molecule has 3 aromatic rings. The van der Waals surface area contributed by atoms with E-state index in [1.165, 1.54) is 17.8 Å². The molecular weight excluding hydrogens is 378 g/mol. The van der Waals surface area contributed by atoms with Gasteiger partial charge in [0.1, 0.15) is 12.2 Å².